The number of aryl methyl sites for hydroxylation is 4. The molecule has 4 saturated heterocycles. The van der Waals surface area contributed by atoms with Gasteiger partial charge in [-0.25, -0.2) is 0 Å². The molecule has 0 atom stereocenters. The van der Waals surface area contributed by atoms with Gasteiger partial charge in [0.1, 0.15) is 34.5 Å². The lowest BCUT2D eigenvalue weighted by atomic mass is 9.87. The number of benzene rings is 6. The van der Waals surface area contributed by atoms with Crippen LogP contribution in [-0.4, -0.2) is 52.9 Å². The second-order valence-corrected chi connectivity index (χ2v) is 20.5. The van der Waals surface area contributed by atoms with Crippen LogP contribution in [0.25, 0.3) is 11.1 Å². The number of rotatable bonds is 17. The van der Waals surface area contributed by atoms with E-state index in [-0.39, 0.29) is 0 Å². The summed E-state index contributed by atoms with van der Waals surface area (Å²) in [5.41, 5.74) is 10.2. The first kappa shape index (κ1) is 52.1. The third kappa shape index (κ3) is 12.0. The third-order valence-corrected chi connectivity index (χ3v) is 15.3. The Kier molecular flexibility index (Phi) is 17.3. The van der Waals surface area contributed by atoms with Gasteiger partial charge in [0.2, 0.25) is 0 Å². The van der Waals surface area contributed by atoms with Crippen LogP contribution in [0.3, 0.4) is 0 Å². The minimum Gasteiger partial charge on any atom is -0.408 e. The molecule has 0 spiro atoms. The number of ether oxygens (including phenoxy) is 8. The van der Waals surface area contributed by atoms with Gasteiger partial charge >= 0.3 is 17.2 Å². The Morgan fingerprint density at radius 2 is 0.568 bits per heavy atom. The van der Waals surface area contributed by atoms with E-state index in [1.165, 1.54) is 0 Å². The fourth-order valence-corrected chi connectivity index (χ4v) is 11.5. The molecule has 0 amide bonds. The van der Waals surface area contributed by atoms with Crippen molar-refractivity contribution in [2.45, 2.75) is 92.4 Å². The summed E-state index contributed by atoms with van der Waals surface area (Å²) in [5, 5.41) is 0. The summed E-state index contributed by atoms with van der Waals surface area (Å²) in [4.78, 5) is 0. The molecule has 0 bridgehead atoms. The van der Waals surface area contributed by atoms with Crippen LogP contribution in [0.5, 0.6) is 34.5 Å². The first-order chi connectivity index (χ1) is 36.2. The Hall–Kier alpha value is -5.34. The summed E-state index contributed by atoms with van der Waals surface area (Å²) in [5.74, 6) is 3.07. The minimum atomic E-state index is -2.30. The summed E-state index contributed by atoms with van der Waals surface area (Å²) >= 11 is 0. The van der Waals surface area contributed by atoms with Crippen molar-refractivity contribution in [1.29, 1.82) is 0 Å². The van der Waals surface area contributed by atoms with Crippen LogP contribution in [0.2, 0.25) is 0 Å². The van der Waals surface area contributed by atoms with Crippen LogP contribution in [0.1, 0.15) is 106 Å². The van der Waals surface area contributed by atoms with E-state index >= 15 is 0 Å². The highest BCUT2D eigenvalue weighted by Gasteiger charge is 2.35. The van der Waals surface area contributed by atoms with Crippen LogP contribution in [0.4, 0.5) is 0 Å². The largest absolute Gasteiger partial charge is 0.530 e. The Balaban J connectivity index is 1.08. The molecule has 4 fully saturated rings. The maximum atomic E-state index is 7.30. The Labute approximate surface area is 436 Å². The lowest BCUT2D eigenvalue weighted by Gasteiger charge is -2.29. The average Bonchev–Trinajstić information content (AvgIpc) is 3.44. The Morgan fingerprint density at radius 3 is 0.824 bits per heavy atom. The fourth-order valence-electron chi connectivity index (χ4n) is 9.25. The molecule has 0 N–H and O–H groups in total. The van der Waals surface area contributed by atoms with Gasteiger partial charge in [-0.05, 0) is 125 Å². The molecule has 0 aliphatic carbocycles. The SMILES string of the molecule is Cc1cc(C)c(OP(Oc2ccccc2C2OCCCO2)Oc2ccccc2C2OCCCO2)c(-c2c(C)c(C)cc(C)c2OP(Oc2ccccc2C2OCCCO2)Oc2ccccc2C2OCCCO2)c1C. The molecule has 390 valence electrons. The third-order valence-electron chi connectivity index (χ3n) is 13.2. The smallest absolute Gasteiger partial charge is 0.408 e. The fraction of sp³-hybridized carbons (Fsp3) is 0.379. The standard InChI is InChI=1S/C58H64O14P2/c1-37-35-39(3)53(71-73(67-47-23-11-7-19-43(47)55-59-27-15-28-60-55)68-48-24-12-8-20-44(48)56-61-29-16-30-62-56)51(41(37)5)52-42(6)38(2)36-40(4)54(52)72-74(69-49-25-13-9-21-45(49)57-63-31-17-32-64-57)70-50-26-14-10-22-46(50)58-65-33-18-34-66-58/h7-14,19-26,35-36,55-58H,15-18,27-34H2,1-6H3. The van der Waals surface area contributed by atoms with Gasteiger partial charge in [-0.1, -0.05) is 84.9 Å². The highest BCUT2D eigenvalue weighted by Crippen LogP contribution is 2.56. The predicted octanol–water partition coefficient (Wildman–Crippen LogP) is 14.5. The van der Waals surface area contributed by atoms with Gasteiger partial charge < -0.3 is 65.0 Å². The molecule has 0 unspecified atom stereocenters. The second kappa shape index (κ2) is 24.6. The van der Waals surface area contributed by atoms with Gasteiger partial charge in [0.15, 0.2) is 25.2 Å². The molecule has 4 aliphatic rings. The molecule has 16 heteroatoms. The molecular weight excluding hydrogens is 983 g/mol. The highest BCUT2D eigenvalue weighted by molar-refractivity contribution is 7.43. The topological polar surface area (TPSA) is 129 Å². The summed E-state index contributed by atoms with van der Waals surface area (Å²) in [6.07, 6.45) is 0.676. The second-order valence-electron chi connectivity index (χ2n) is 18.5. The first-order valence-corrected chi connectivity index (χ1v) is 27.6. The minimum absolute atomic E-state index is 0.497. The van der Waals surface area contributed by atoms with E-state index in [1.807, 2.05) is 111 Å². The summed E-state index contributed by atoms with van der Waals surface area (Å²) < 4.78 is 91.3. The van der Waals surface area contributed by atoms with Crippen molar-refractivity contribution >= 4 is 17.2 Å². The van der Waals surface area contributed by atoms with Crippen molar-refractivity contribution in [2.24, 2.45) is 0 Å². The van der Waals surface area contributed by atoms with E-state index in [9.17, 15) is 0 Å². The Bertz CT molecular complexity index is 2540. The normalized spacial score (nSPS) is 17.4. The molecule has 6 aromatic rings. The summed E-state index contributed by atoms with van der Waals surface area (Å²) in [7, 11) is -4.61. The van der Waals surface area contributed by atoms with Crippen molar-refractivity contribution in [3.05, 3.63) is 165 Å². The summed E-state index contributed by atoms with van der Waals surface area (Å²) in [6, 6.07) is 34.9. The van der Waals surface area contributed by atoms with E-state index in [1.54, 1.807) is 0 Å². The van der Waals surface area contributed by atoms with Crippen LogP contribution in [0.15, 0.2) is 109 Å². The maximum Gasteiger partial charge on any atom is 0.530 e. The zero-order valence-corrected chi connectivity index (χ0v) is 44.6. The van der Waals surface area contributed by atoms with Crippen molar-refractivity contribution in [3.63, 3.8) is 0 Å². The van der Waals surface area contributed by atoms with Gasteiger partial charge in [-0.15, -0.1) is 0 Å². The molecule has 0 radical (unpaired) electrons. The molecule has 74 heavy (non-hydrogen) atoms. The zero-order chi connectivity index (χ0) is 51.0. The quantitative estimate of drug-likeness (QED) is 0.0803. The van der Waals surface area contributed by atoms with Crippen molar-refractivity contribution in [1.82, 2.24) is 0 Å². The van der Waals surface area contributed by atoms with Crippen LogP contribution in [0, 0.1) is 41.5 Å². The number of para-hydroxylation sites is 4. The van der Waals surface area contributed by atoms with E-state index in [4.69, 9.17) is 65.0 Å². The Morgan fingerprint density at radius 1 is 0.324 bits per heavy atom. The monoisotopic (exact) mass is 1050 g/mol. The van der Waals surface area contributed by atoms with Gasteiger partial charge in [0.25, 0.3) is 0 Å². The molecule has 0 aromatic heterocycles. The van der Waals surface area contributed by atoms with E-state index in [0.717, 1.165) is 92.4 Å². The van der Waals surface area contributed by atoms with Gasteiger partial charge in [0, 0.05) is 11.1 Å². The van der Waals surface area contributed by atoms with E-state index in [0.29, 0.717) is 87.4 Å². The molecule has 14 nitrogen and oxygen atoms in total. The van der Waals surface area contributed by atoms with Crippen molar-refractivity contribution in [2.75, 3.05) is 52.9 Å². The van der Waals surface area contributed by atoms with Gasteiger partial charge in [-0.2, -0.15) is 0 Å². The van der Waals surface area contributed by atoms with Crippen LogP contribution < -0.4 is 27.1 Å². The van der Waals surface area contributed by atoms with Crippen LogP contribution >= 0.6 is 17.2 Å². The van der Waals surface area contributed by atoms with Crippen molar-refractivity contribution in [3.8, 4) is 45.6 Å². The van der Waals surface area contributed by atoms with Gasteiger partial charge in [0.05, 0.1) is 75.1 Å². The molecule has 6 aromatic carbocycles. The van der Waals surface area contributed by atoms with E-state index < -0.39 is 42.4 Å². The molecular formula is C58H64O14P2. The maximum absolute atomic E-state index is 7.30. The lowest BCUT2D eigenvalue weighted by molar-refractivity contribution is -0.183. The summed E-state index contributed by atoms with van der Waals surface area (Å²) in [6.45, 7) is 16.9. The number of hydrogen-bond acceptors (Lipinski definition) is 14. The molecule has 4 heterocycles. The van der Waals surface area contributed by atoms with Gasteiger partial charge in [-0.3, -0.25) is 0 Å². The van der Waals surface area contributed by atoms with E-state index in [2.05, 4.69) is 39.8 Å². The van der Waals surface area contributed by atoms with Crippen LogP contribution in [-0.2, 0) is 37.9 Å². The molecule has 4 aliphatic heterocycles. The number of hydrogen-bond donors (Lipinski definition) is 0. The first-order valence-electron chi connectivity index (χ1n) is 25.4. The van der Waals surface area contributed by atoms with Crippen molar-refractivity contribution < 1.29 is 65.0 Å². The molecule has 10 rings (SSSR count). The highest BCUT2D eigenvalue weighted by atomic mass is 31.2. The predicted molar refractivity (Wildman–Crippen MR) is 281 cm³/mol. The zero-order valence-electron chi connectivity index (χ0n) is 42.8. The average molecular weight is 1050 g/mol. The molecule has 0 saturated carbocycles. The lowest BCUT2D eigenvalue weighted by Crippen LogP contribution is -2.19.